The number of hydrogen-bond donors (Lipinski definition) is 0. The first-order chi connectivity index (χ1) is 8.84. The van der Waals surface area contributed by atoms with Crippen molar-refractivity contribution in [1.82, 2.24) is 0 Å². The Morgan fingerprint density at radius 1 is 0.778 bits per heavy atom. The fourth-order valence-electron chi connectivity index (χ4n) is 2.51. The Morgan fingerprint density at radius 3 is 2.61 bits per heavy atom. The monoisotopic (exact) mass is 268 g/mol. The van der Waals surface area contributed by atoms with Crippen LogP contribution in [-0.2, 0) is 0 Å². The molecule has 18 heavy (non-hydrogen) atoms. The van der Waals surface area contributed by atoms with Crippen molar-refractivity contribution in [2.24, 2.45) is 0 Å². The van der Waals surface area contributed by atoms with Gasteiger partial charge >= 0.3 is 0 Å². The molecule has 4 rings (SSSR count). The largest absolute Gasteiger partial charge is 0.134 e. The van der Waals surface area contributed by atoms with Crippen LogP contribution in [0.1, 0.15) is 0 Å². The number of halogens is 1. The number of benzene rings is 3. The lowest BCUT2D eigenvalue weighted by Crippen LogP contribution is -1.72. The van der Waals surface area contributed by atoms with E-state index in [4.69, 9.17) is 11.6 Å². The Hall–Kier alpha value is -1.57. The van der Waals surface area contributed by atoms with E-state index in [1.165, 1.54) is 30.9 Å². The number of thiophene rings is 1. The second-order valence-electron chi connectivity index (χ2n) is 4.38. The molecule has 86 valence electrons. The molecule has 1 aromatic heterocycles. The molecule has 3 aromatic carbocycles. The quantitative estimate of drug-likeness (QED) is 0.375. The van der Waals surface area contributed by atoms with Crippen molar-refractivity contribution < 1.29 is 0 Å². The van der Waals surface area contributed by atoms with Gasteiger partial charge in [-0.3, -0.25) is 0 Å². The third-order valence-corrected chi connectivity index (χ3v) is 4.86. The van der Waals surface area contributed by atoms with E-state index in [-0.39, 0.29) is 0 Å². The SMILES string of the molecule is Clc1cccc2sc3c4ccccc4ccc3c12. The summed E-state index contributed by atoms with van der Waals surface area (Å²) in [6.45, 7) is 0. The summed E-state index contributed by atoms with van der Waals surface area (Å²) in [6, 6.07) is 19.0. The molecule has 0 atom stereocenters. The highest BCUT2D eigenvalue weighted by molar-refractivity contribution is 7.26. The van der Waals surface area contributed by atoms with Gasteiger partial charge in [0, 0.05) is 25.2 Å². The van der Waals surface area contributed by atoms with E-state index in [1.807, 2.05) is 23.5 Å². The molecule has 0 spiro atoms. The molecule has 0 radical (unpaired) electrons. The van der Waals surface area contributed by atoms with Gasteiger partial charge in [-0.05, 0) is 22.9 Å². The first-order valence-corrected chi connectivity index (χ1v) is 7.02. The molecule has 0 N–H and O–H groups in total. The summed E-state index contributed by atoms with van der Waals surface area (Å²) in [4.78, 5) is 0. The van der Waals surface area contributed by atoms with Crippen molar-refractivity contribution in [3.05, 3.63) is 59.6 Å². The molecule has 0 aliphatic carbocycles. The standard InChI is InChI=1S/C16H9ClS/c17-13-6-3-7-14-15(13)12-9-8-10-4-1-2-5-11(10)16(12)18-14/h1-9H. The van der Waals surface area contributed by atoms with Crippen LogP contribution in [0.15, 0.2) is 54.6 Å². The van der Waals surface area contributed by atoms with Crippen molar-refractivity contribution in [1.29, 1.82) is 0 Å². The van der Waals surface area contributed by atoms with Gasteiger partial charge in [-0.1, -0.05) is 54.1 Å². The lowest BCUT2D eigenvalue weighted by atomic mass is 10.1. The molecule has 0 nitrogen and oxygen atoms in total. The fraction of sp³-hybridized carbons (Fsp3) is 0. The second kappa shape index (κ2) is 3.71. The van der Waals surface area contributed by atoms with Crippen molar-refractivity contribution in [3.63, 3.8) is 0 Å². The van der Waals surface area contributed by atoms with E-state index in [2.05, 4.69) is 42.5 Å². The molecule has 0 fully saturated rings. The van der Waals surface area contributed by atoms with E-state index >= 15 is 0 Å². The third kappa shape index (κ3) is 1.32. The van der Waals surface area contributed by atoms with Crippen LogP contribution in [0.4, 0.5) is 0 Å². The van der Waals surface area contributed by atoms with Gasteiger partial charge in [0.2, 0.25) is 0 Å². The van der Waals surface area contributed by atoms with Crippen molar-refractivity contribution in [2.45, 2.75) is 0 Å². The molecule has 0 aliphatic heterocycles. The molecule has 0 unspecified atom stereocenters. The average Bonchev–Trinajstić information content (AvgIpc) is 2.79. The van der Waals surface area contributed by atoms with E-state index in [9.17, 15) is 0 Å². The van der Waals surface area contributed by atoms with Gasteiger partial charge in [-0.2, -0.15) is 0 Å². The van der Waals surface area contributed by atoms with Crippen molar-refractivity contribution in [2.75, 3.05) is 0 Å². The van der Waals surface area contributed by atoms with Crippen LogP contribution in [-0.4, -0.2) is 0 Å². The Morgan fingerprint density at radius 2 is 1.67 bits per heavy atom. The smallest absolute Gasteiger partial charge is 0.0499 e. The van der Waals surface area contributed by atoms with Crippen LogP contribution in [0.3, 0.4) is 0 Å². The maximum atomic E-state index is 6.34. The molecule has 4 aromatic rings. The molecule has 2 heteroatoms. The molecule has 0 saturated heterocycles. The molecule has 0 aliphatic rings. The first-order valence-electron chi connectivity index (χ1n) is 5.83. The lowest BCUT2D eigenvalue weighted by molar-refractivity contribution is 1.81. The molecule has 1 heterocycles. The summed E-state index contributed by atoms with van der Waals surface area (Å²) in [7, 11) is 0. The Balaban J connectivity index is 2.34. The zero-order chi connectivity index (χ0) is 12.1. The topological polar surface area (TPSA) is 0 Å². The second-order valence-corrected chi connectivity index (χ2v) is 5.84. The van der Waals surface area contributed by atoms with Crippen LogP contribution < -0.4 is 0 Å². The number of fused-ring (bicyclic) bond motifs is 5. The normalized spacial score (nSPS) is 11.6. The van der Waals surface area contributed by atoms with E-state index < -0.39 is 0 Å². The maximum Gasteiger partial charge on any atom is 0.0499 e. The maximum absolute atomic E-state index is 6.34. The third-order valence-electron chi connectivity index (χ3n) is 3.34. The first kappa shape index (κ1) is 10.4. The summed E-state index contributed by atoms with van der Waals surface area (Å²) in [5.74, 6) is 0. The zero-order valence-electron chi connectivity index (χ0n) is 9.48. The molecule has 0 amide bonds. The van der Waals surface area contributed by atoms with E-state index in [0.717, 1.165) is 5.02 Å². The van der Waals surface area contributed by atoms with Gasteiger partial charge in [0.05, 0.1) is 0 Å². The zero-order valence-corrected chi connectivity index (χ0v) is 11.1. The van der Waals surface area contributed by atoms with Crippen LogP contribution in [0.2, 0.25) is 5.02 Å². The molecule has 0 bridgehead atoms. The van der Waals surface area contributed by atoms with Crippen LogP contribution in [0, 0.1) is 0 Å². The van der Waals surface area contributed by atoms with Crippen molar-refractivity contribution in [3.8, 4) is 0 Å². The molecular weight excluding hydrogens is 260 g/mol. The predicted octanol–water partition coefficient (Wildman–Crippen LogP) is 5.86. The number of rotatable bonds is 0. The van der Waals surface area contributed by atoms with Gasteiger partial charge in [0.1, 0.15) is 0 Å². The van der Waals surface area contributed by atoms with Crippen molar-refractivity contribution >= 4 is 53.9 Å². The van der Waals surface area contributed by atoms with Gasteiger partial charge in [-0.15, -0.1) is 11.3 Å². The van der Waals surface area contributed by atoms with Gasteiger partial charge in [0.25, 0.3) is 0 Å². The molecule has 0 saturated carbocycles. The van der Waals surface area contributed by atoms with Gasteiger partial charge in [-0.25, -0.2) is 0 Å². The highest BCUT2D eigenvalue weighted by atomic mass is 35.5. The summed E-state index contributed by atoms with van der Waals surface area (Å²) in [5.41, 5.74) is 0. The predicted molar refractivity (Wildman–Crippen MR) is 81.8 cm³/mol. The molecular formula is C16H9ClS. The lowest BCUT2D eigenvalue weighted by Gasteiger charge is -1.99. The van der Waals surface area contributed by atoms with Gasteiger partial charge in [0.15, 0.2) is 0 Å². The van der Waals surface area contributed by atoms with Crippen LogP contribution in [0.25, 0.3) is 30.9 Å². The fourth-order valence-corrected chi connectivity index (χ4v) is 4.11. The summed E-state index contributed by atoms with van der Waals surface area (Å²) >= 11 is 8.16. The minimum Gasteiger partial charge on any atom is -0.134 e. The Bertz CT molecular complexity index is 889. The Labute approximate surface area is 113 Å². The van der Waals surface area contributed by atoms with E-state index in [0.29, 0.717) is 0 Å². The van der Waals surface area contributed by atoms with Crippen LogP contribution >= 0.6 is 22.9 Å². The van der Waals surface area contributed by atoms with Gasteiger partial charge < -0.3 is 0 Å². The summed E-state index contributed by atoms with van der Waals surface area (Å²) in [5, 5.41) is 5.89. The summed E-state index contributed by atoms with van der Waals surface area (Å²) in [6.07, 6.45) is 0. The highest BCUT2D eigenvalue weighted by Crippen LogP contribution is 2.41. The Kier molecular flexibility index (Phi) is 2.14. The summed E-state index contributed by atoms with van der Waals surface area (Å²) < 4.78 is 2.59. The van der Waals surface area contributed by atoms with E-state index in [1.54, 1.807) is 0 Å². The van der Waals surface area contributed by atoms with Crippen LogP contribution in [0.5, 0.6) is 0 Å². The minimum absolute atomic E-state index is 0.842. The highest BCUT2D eigenvalue weighted by Gasteiger charge is 2.10. The average molecular weight is 269 g/mol. The minimum atomic E-state index is 0.842. The number of hydrogen-bond acceptors (Lipinski definition) is 1.